The zero-order valence-electron chi connectivity index (χ0n) is 8.10. The number of halogens is 1. The first-order valence-corrected chi connectivity index (χ1v) is 5.48. The van der Waals surface area contributed by atoms with Crippen LogP contribution < -0.4 is 0 Å². The first-order chi connectivity index (χ1) is 7.34. The molecule has 0 heterocycles. The monoisotopic (exact) mass is 259 g/mol. The van der Waals surface area contributed by atoms with Crippen molar-refractivity contribution in [2.45, 2.75) is 0 Å². The van der Waals surface area contributed by atoms with Crippen LogP contribution in [0.25, 0.3) is 0 Å². The highest BCUT2D eigenvalue weighted by Crippen LogP contribution is 2.12. The predicted molar refractivity (Wildman–Crippen MR) is 67.8 cm³/mol. The van der Waals surface area contributed by atoms with Crippen LogP contribution >= 0.6 is 15.9 Å². The zero-order chi connectivity index (χ0) is 10.5. The Hall–Kier alpha value is -1.41. The summed E-state index contributed by atoms with van der Waals surface area (Å²) < 4.78 is 1.08. The maximum Gasteiger partial charge on any atom is 0.0629 e. The molecule has 0 aromatic heterocycles. The molecule has 0 atom stereocenters. The molecule has 0 saturated carbocycles. The van der Waals surface area contributed by atoms with Crippen LogP contribution in [0.15, 0.2) is 64.1 Å². The maximum absolute atomic E-state index is 4.37. The molecular weight excluding hydrogens is 250 g/mol. The van der Waals surface area contributed by atoms with Gasteiger partial charge in [0.1, 0.15) is 0 Å². The van der Waals surface area contributed by atoms with Crippen molar-refractivity contribution in [3.05, 3.63) is 64.6 Å². The topological polar surface area (TPSA) is 12.4 Å². The van der Waals surface area contributed by atoms with E-state index in [1.807, 2.05) is 60.8 Å². The van der Waals surface area contributed by atoms with Crippen LogP contribution in [0.4, 0.5) is 5.69 Å². The molecule has 2 aromatic carbocycles. The van der Waals surface area contributed by atoms with Gasteiger partial charge in [0, 0.05) is 10.7 Å². The van der Waals surface area contributed by atoms with E-state index in [-0.39, 0.29) is 0 Å². The molecule has 0 unspecified atom stereocenters. The Balaban J connectivity index is 2.15. The van der Waals surface area contributed by atoms with Crippen molar-refractivity contribution in [1.29, 1.82) is 0 Å². The van der Waals surface area contributed by atoms with E-state index in [0.717, 1.165) is 15.7 Å². The van der Waals surface area contributed by atoms with Crippen LogP contribution in [0.2, 0.25) is 0 Å². The average Bonchev–Trinajstić information content (AvgIpc) is 2.30. The fraction of sp³-hybridized carbons (Fsp3) is 0. The number of hydrogen-bond acceptors (Lipinski definition) is 1. The summed E-state index contributed by atoms with van der Waals surface area (Å²) in [5.74, 6) is 0. The molecule has 0 fully saturated rings. The number of hydrogen-bond donors (Lipinski definition) is 0. The van der Waals surface area contributed by atoms with Gasteiger partial charge in [0.2, 0.25) is 0 Å². The minimum Gasteiger partial charge on any atom is -0.256 e. The normalized spacial score (nSPS) is 10.7. The lowest BCUT2D eigenvalue weighted by Gasteiger charge is -1.94. The second-order valence-electron chi connectivity index (χ2n) is 3.15. The first-order valence-electron chi connectivity index (χ1n) is 4.69. The number of para-hydroxylation sites is 1. The second kappa shape index (κ2) is 4.89. The number of rotatable bonds is 2. The molecule has 0 radical (unpaired) electrons. The summed E-state index contributed by atoms with van der Waals surface area (Å²) in [7, 11) is 0. The number of benzene rings is 2. The van der Waals surface area contributed by atoms with Crippen LogP contribution in [0.5, 0.6) is 0 Å². The summed E-state index contributed by atoms with van der Waals surface area (Å²) in [6, 6.07) is 18.0. The summed E-state index contributed by atoms with van der Waals surface area (Å²) in [5.41, 5.74) is 2.07. The van der Waals surface area contributed by atoms with E-state index >= 15 is 0 Å². The van der Waals surface area contributed by atoms with Crippen LogP contribution in [-0.2, 0) is 0 Å². The van der Waals surface area contributed by atoms with Crippen molar-refractivity contribution < 1.29 is 0 Å². The molecule has 74 valence electrons. The summed E-state index contributed by atoms with van der Waals surface area (Å²) in [4.78, 5) is 4.37. The van der Waals surface area contributed by atoms with Crippen LogP contribution in [0, 0.1) is 0 Å². The van der Waals surface area contributed by atoms with Gasteiger partial charge in [-0.3, -0.25) is 4.99 Å². The van der Waals surface area contributed by atoms with Gasteiger partial charge in [-0.1, -0.05) is 46.3 Å². The Morgan fingerprint density at radius 3 is 2.20 bits per heavy atom. The average molecular weight is 260 g/mol. The molecule has 2 heteroatoms. The third kappa shape index (κ3) is 3.03. The molecule has 0 aliphatic carbocycles. The zero-order valence-corrected chi connectivity index (χ0v) is 9.68. The second-order valence-corrected chi connectivity index (χ2v) is 4.06. The lowest BCUT2D eigenvalue weighted by atomic mass is 10.2. The number of aliphatic imine (C=N–C) groups is 1. The molecular formula is C13H10BrN. The van der Waals surface area contributed by atoms with E-state index < -0.39 is 0 Å². The summed E-state index contributed by atoms with van der Waals surface area (Å²) in [6.07, 6.45) is 1.86. The van der Waals surface area contributed by atoms with Crippen molar-refractivity contribution in [1.82, 2.24) is 0 Å². The van der Waals surface area contributed by atoms with Gasteiger partial charge >= 0.3 is 0 Å². The highest BCUT2D eigenvalue weighted by Gasteiger charge is 1.88. The highest BCUT2D eigenvalue weighted by atomic mass is 79.9. The van der Waals surface area contributed by atoms with E-state index in [9.17, 15) is 0 Å². The van der Waals surface area contributed by atoms with Crippen molar-refractivity contribution in [3.63, 3.8) is 0 Å². The third-order valence-corrected chi connectivity index (χ3v) is 2.52. The van der Waals surface area contributed by atoms with Crippen LogP contribution in [-0.4, -0.2) is 6.21 Å². The van der Waals surface area contributed by atoms with E-state index in [4.69, 9.17) is 0 Å². The van der Waals surface area contributed by atoms with Gasteiger partial charge in [0.15, 0.2) is 0 Å². The molecule has 0 bridgehead atoms. The van der Waals surface area contributed by atoms with Gasteiger partial charge in [0.25, 0.3) is 0 Å². The van der Waals surface area contributed by atoms with Gasteiger partial charge in [-0.05, 0) is 29.8 Å². The molecule has 0 spiro atoms. The molecule has 0 N–H and O–H groups in total. The lowest BCUT2D eigenvalue weighted by molar-refractivity contribution is 1.52. The SMILES string of the molecule is Brc1ccc(C=Nc2ccccc2)cc1. The van der Waals surface area contributed by atoms with Gasteiger partial charge in [-0.2, -0.15) is 0 Å². The third-order valence-electron chi connectivity index (χ3n) is 1.99. The molecule has 0 aliphatic rings. The standard InChI is InChI=1S/C13H10BrN/c14-12-8-6-11(7-9-12)10-15-13-4-2-1-3-5-13/h1-10H. The molecule has 1 nitrogen and oxygen atoms in total. The Kier molecular flexibility index (Phi) is 3.30. The smallest absolute Gasteiger partial charge is 0.0629 e. The molecule has 0 amide bonds. The Morgan fingerprint density at radius 2 is 1.53 bits per heavy atom. The van der Waals surface area contributed by atoms with Gasteiger partial charge < -0.3 is 0 Å². The van der Waals surface area contributed by atoms with E-state index in [0.29, 0.717) is 0 Å². The Bertz CT molecular complexity index is 446. The van der Waals surface area contributed by atoms with Crippen LogP contribution in [0.1, 0.15) is 5.56 Å². The van der Waals surface area contributed by atoms with Crippen molar-refractivity contribution in [2.24, 2.45) is 4.99 Å². The van der Waals surface area contributed by atoms with Crippen LogP contribution in [0.3, 0.4) is 0 Å². The fourth-order valence-corrected chi connectivity index (χ4v) is 1.48. The summed E-state index contributed by atoms with van der Waals surface area (Å²) in [6.45, 7) is 0. The molecule has 0 saturated heterocycles. The van der Waals surface area contributed by atoms with Gasteiger partial charge in [-0.15, -0.1) is 0 Å². The lowest BCUT2D eigenvalue weighted by Crippen LogP contribution is -1.78. The van der Waals surface area contributed by atoms with Crippen molar-refractivity contribution in [2.75, 3.05) is 0 Å². The highest BCUT2D eigenvalue weighted by molar-refractivity contribution is 9.10. The van der Waals surface area contributed by atoms with Crippen molar-refractivity contribution in [3.8, 4) is 0 Å². The predicted octanol–water partition coefficient (Wildman–Crippen LogP) is 4.20. The van der Waals surface area contributed by atoms with Gasteiger partial charge in [-0.25, -0.2) is 0 Å². The Morgan fingerprint density at radius 1 is 0.867 bits per heavy atom. The molecule has 2 rings (SSSR count). The minimum atomic E-state index is 0.973. The maximum atomic E-state index is 4.37. The van der Waals surface area contributed by atoms with Crippen molar-refractivity contribution >= 4 is 27.8 Å². The molecule has 0 aliphatic heterocycles. The summed E-state index contributed by atoms with van der Waals surface area (Å²) in [5, 5.41) is 0. The first kappa shape index (κ1) is 10.1. The largest absolute Gasteiger partial charge is 0.256 e. The minimum absolute atomic E-state index is 0.973. The fourth-order valence-electron chi connectivity index (χ4n) is 1.21. The van der Waals surface area contributed by atoms with E-state index in [1.165, 1.54) is 0 Å². The van der Waals surface area contributed by atoms with E-state index in [2.05, 4.69) is 20.9 Å². The quantitative estimate of drug-likeness (QED) is 0.717. The molecule has 15 heavy (non-hydrogen) atoms. The Labute approximate surface area is 97.6 Å². The summed E-state index contributed by atoms with van der Waals surface area (Å²) >= 11 is 3.40. The number of nitrogens with zero attached hydrogens (tertiary/aromatic N) is 1. The van der Waals surface area contributed by atoms with Gasteiger partial charge in [0.05, 0.1) is 5.69 Å². The van der Waals surface area contributed by atoms with E-state index in [1.54, 1.807) is 0 Å². The molecule has 2 aromatic rings.